The summed E-state index contributed by atoms with van der Waals surface area (Å²) in [5, 5.41) is 9.70. The predicted octanol–water partition coefficient (Wildman–Crippen LogP) is 1.94. The molecule has 1 saturated heterocycles. The second-order valence-corrected chi connectivity index (χ2v) is 8.35. The SMILES string of the molecule is C[C@H]1Cn2c(=O)c(C(=O)O)cc3cc(F)c(N4CC[C@@H](C5(N)CC5)C4)c(c32)O1. The molecule has 1 aromatic carbocycles. The quantitative estimate of drug-likeness (QED) is 0.835. The summed E-state index contributed by atoms with van der Waals surface area (Å²) in [6, 6.07) is 2.54. The van der Waals surface area contributed by atoms with Crippen LogP contribution in [-0.4, -0.2) is 40.4 Å². The number of anilines is 1. The summed E-state index contributed by atoms with van der Waals surface area (Å²) < 4.78 is 22.6. The molecular formula is C20H22FN3O4. The molecule has 0 spiro atoms. The maximum atomic E-state index is 15.2. The molecular weight excluding hydrogens is 365 g/mol. The van der Waals surface area contributed by atoms with Gasteiger partial charge in [-0.25, -0.2) is 9.18 Å². The number of carbonyl (C=O) groups is 1. The lowest BCUT2D eigenvalue weighted by Gasteiger charge is -2.31. The largest absolute Gasteiger partial charge is 0.484 e. The molecule has 2 atom stereocenters. The van der Waals surface area contributed by atoms with Gasteiger partial charge in [0.25, 0.3) is 5.56 Å². The zero-order valence-electron chi connectivity index (χ0n) is 15.6. The third-order valence-electron chi connectivity index (χ3n) is 6.39. The number of benzene rings is 1. The Bertz CT molecular complexity index is 1080. The Labute approximate surface area is 160 Å². The van der Waals surface area contributed by atoms with Crippen LogP contribution in [0.2, 0.25) is 0 Å². The van der Waals surface area contributed by atoms with Crippen LogP contribution in [0.25, 0.3) is 10.9 Å². The molecule has 0 amide bonds. The molecule has 148 valence electrons. The van der Waals surface area contributed by atoms with Crippen LogP contribution in [0.15, 0.2) is 16.9 Å². The molecule has 3 heterocycles. The molecule has 1 aromatic heterocycles. The summed E-state index contributed by atoms with van der Waals surface area (Å²) in [5.41, 5.74) is 6.08. The number of nitrogens with two attached hydrogens (primary N) is 1. The molecule has 5 rings (SSSR count). The third kappa shape index (κ3) is 2.44. The van der Waals surface area contributed by atoms with Gasteiger partial charge in [-0.15, -0.1) is 0 Å². The van der Waals surface area contributed by atoms with Crippen LogP contribution in [0.3, 0.4) is 0 Å². The van der Waals surface area contributed by atoms with E-state index in [-0.39, 0.29) is 23.8 Å². The molecule has 1 saturated carbocycles. The fourth-order valence-electron chi connectivity index (χ4n) is 4.69. The molecule has 7 nitrogen and oxygen atoms in total. The molecule has 3 aliphatic rings. The van der Waals surface area contributed by atoms with Crippen molar-refractivity contribution in [1.82, 2.24) is 4.57 Å². The van der Waals surface area contributed by atoms with Gasteiger partial charge in [0.15, 0.2) is 11.6 Å². The Balaban J connectivity index is 1.70. The van der Waals surface area contributed by atoms with E-state index in [0.29, 0.717) is 41.3 Å². The minimum Gasteiger partial charge on any atom is -0.484 e. The molecule has 3 N–H and O–H groups in total. The van der Waals surface area contributed by atoms with Crippen molar-refractivity contribution in [3.63, 3.8) is 0 Å². The smallest absolute Gasteiger partial charge is 0.341 e. The Morgan fingerprint density at radius 3 is 2.79 bits per heavy atom. The normalized spacial score (nSPS) is 25.0. The van der Waals surface area contributed by atoms with Gasteiger partial charge in [0, 0.05) is 24.0 Å². The standard InChI is InChI=1S/C20H22FN3O4/c1-10-8-24-15-11(6-13(18(24)25)19(26)27)7-14(21)16(17(15)28-10)23-5-2-12(9-23)20(22)3-4-20/h6-7,10,12H,2-5,8-9,22H2,1H3,(H,26,27)/t10-,12+/m0/s1. The van der Waals surface area contributed by atoms with Crippen LogP contribution in [0.5, 0.6) is 5.75 Å². The number of hydrogen-bond donors (Lipinski definition) is 2. The van der Waals surface area contributed by atoms with Crippen LogP contribution < -0.4 is 20.9 Å². The molecule has 1 aliphatic carbocycles. The Hall–Kier alpha value is -2.61. The maximum Gasteiger partial charge on any atom is 0.341 e. The number of aromatic carboxylic acids is 1. The van der Waals surface area contributed by atoms with Gasteiger partial charge in [-0.2, -0.15) is 0 Å². The second-order valence-electron chi connectivity index (χ2n) is 8.35. The third-order valence-corrected chi connectivity index (χ3v) is 6.39. The van der Waals surface area contributed by atoms with Gasteiger partial charge in [0.2, 0.25) is 0 Å². The van der Waals surface area contributed by atoms with E-state index in [2.05, 4.69) is 0 Å². The Kier molecular flexibility index (Phi) is 3.56. The molecule has 8 heteroatoms. The van der Waals surface area contributed by atoms with Gasteiger partial charge >= 0.3 is 5.97 Å². The minimum absolute atomic E-state index is 0.133. The van der Waals surface area contributed by atoms with Gasteiger partial charge in [-0.3, -0.25) is 4.79 Å². The number of hydrogen-bond acceptors (Lipinski definition) is 5. The highest BCUT2D eigenvalue weighted by atomic mass is 19.1. The summed E-state index contributed by atoms with van der Waals surface area (Å²) in [7, 11) is 0. The lowest BCUT2D eigenvalue weighted by atomic mass is 9.97. The zero-order chi connectivity index (χ0) is 19.8. The van der Waals surface area contributed by atoms with E-state index in [0.717, 1.165) is 19.3 Å². The number of rotatable bonds is 3. The van der Waals surface area contributed by atoms with Gasteiger partial charge in [-0.05, 0) is 44.2 Å². The van der Waals surface area contributed by atoms with Crippen molar-refractivity contribution < 1.29 is 19.0 Å². The van der Waals surface area contributed by atoms with Crippen LogP contribution in [-0.2, 0) is 6.54 Å². The van der Waals surface area contributed by atoms with Crippen molar-refractivity contribution >= 4 is 22.6 Å². The first-order chi connectivity index (χ1) is 13.3. The van der Waals surface area contributed by atoms with E-state index >= 15 is 4.39 Å². The lowest BCUT2D eigenvalue weighted by molar-refractivity contribution is 0.0693. The van der Waals surface area contributed by atoms with Gasteiger partial charge in [0.1, 0.15) is 17.4 Å². The number of halogens is 1. The average Bonchev–Trinajstić information content (AvgIpc) is 3.19. The van der Waals surface area contributed by atoms with E-state index < -0.39 is 17.3 Å². The van der Waals surface area contributed by atoms with Gasteiger partial charge in [-0.1, -0.05) is 0 Å². The summed E-state index contributed by atoms with van der Waals surface area (Å²) in [6.45, 7) is 3.34. The number of carboxylic acid groups (broad SMARTS) is 1. The molecule has 2 aromatic rings. The van der Waals surface area contributed by atoms with E-state index in [9.17, 15) is 14.7 Å². The van der Waals surface area contributed by atoms with Crippen molar-refractivity contribution in [2.24, 2.45) is 11.7 Å². The Morgan fingerprint density at radius 2 is 2.11 bits per heavy atom. The highest BCUT2D eigenvalue weighted by Crippen LogP contribution is 2.47. The van der Waals surface area contributed by atoms with E-state index in [4.69, 9.17) is 10.5 Å². The van der Waals surface area contributed by atoms with E-state index in [1.807, 2.05) is 4.90 Å². The number of aromatic nitrogens is 1. The van der Waals surface area contributed by atoms with E-state index in [1.165, 1.54) is 16.7 Å². The van der Waals surface area contributed by atoms with Crippen LogP contribution in [0.1, 0.15) is 36.5 Å². The summed E-state index contributed by atoms with van der Waals surface area (Å²) in [6.07, 6.45) is 2.53. The summed E-state index contributed by atoms with van der Waals surface area (Å²) in [5.74, 6) is -1.15. The lowest BCUT2D eigenvalue weighted by Crippen LogP contribution is -2.37. The fourth-order valence-corrected chi connectivity index (χ4v) is 4.69. The van der Waals surface area contributed by atoms with E-state index in [1.54, 1.807) is 6.92 Å². The maximum absolute atomic E-state index is 15.2. The van der Waals surface area contributed by atoms with Gasteiger partial charge in [0.05, 0.1) is 12.1 Å². The van der Waals surface area contributed by atoms with Crippen molar-refractivity contribution in [1.29, 1.82) is 0 Å². The second kappa shape index (κ2) is 5.70. The van der Waals surface area contributed by atoms with Crippen molar-refractivity contribution in [2.75, 3.05) is 18.0 Å². The highest BCUT2D eigenvalue weighted by Gasteiger charge is 2.48. The van der Waals surface area contributed by atoms with Crippen molar-refractivity contribution in [2.45, 2.75) is 44.4 Å². The zero-order valence-corrected chi connectivity index (χ0v) is 15.6. The highest BCUT2D eigenvalue weighted by molar-refractivity contribution is 5.97. The summed E-state index contributed by atoms with van der Waals surface area (Å²) >= 11 is 0. The summed E-state index contributed by atoms with van der Waals surface area (Å²) in [4.78, 5) is 26.1. The number of nitrogens with zero attached hydrogens (tertiary/aromatic N) is 2. The monoisotopic (exact) mass is 387 g/mol. The molecule has 2 aliphatic heterocycles. The average molecular weight is 387 g/mol. The number of ether oxygens (including phenoxy) is 1. The molecule has 0 bridgehead atoms. The first-order valence-corrected chi connectivity index (χ1v) is 9.62. The van der Waals surface area contributed by atoms with Crippen LogP contribution in [0, 0.1) is 11.7 Å². The number of carboxylic acids is 1. The molecule has 0 unspecified atom stereocenters. The Morgan fingerprint density at radius 1 is 1.36 bits per heavy atom. The van der Waals surface area contributed by atoms with Crippen molar-refractivity contribution in [3.8, 4) is 5.75 Å². The molecule has 28 heavy (non-hydrogen) atoms. The van der Waals surface area contributed by atoms with Crippen molar-refractivity contribution in [3.05, 3.63) is 33.9 Å². The van der Waals surface area contributed by atoms with Crippen LogP contribution in [0.4, 0.5) is 10.1 Å². The first-order valence-electron chi connectivity index (χ1n) is 9.62. The van der Waals surface area contributed by atoms with Gasteiger partial charge < -0.3 is 25.0 Å². The topological polar surface area (TPSA) is 97.8 Å². The predicted molar refractivity (Wildman–Crippen MR) is 102 cm³/mol. The van der Waals surface area contributed by atoms with Crippen LogP contribution >= 0.6 is 0 Å². The first kappa shape index (κ1) is 17.5. The molecule has 2 fully saturated rings. The molecule has 0 radical (unpaired) electrons. The fraction of sp³-hybridized carbons (Fsp3) is 0.500. The minimum atomic E-state index is -1.32. The number of pyridine rings is 1.